The lowest BCUT2D eigenvalue weighted by Gasteiger charge is -2.16. The number of nitrogens with one attached hydrogen (secondary N) is 1. The second kappa shape index (κ2) is 6.52. The molecule has 0 saturated heterocycles. The Kier molecular flexibility index (Phi) is 4.74. The first-order chi connectivity index (χ1) is 9.60. The molecule has 0 saturated carbocycles. The summed E-state index contributed by atoms with van der Waals surface area (Å²) < 4.78 is 5.31. The molecule has 0 spiro atoms. The van der Waals surface area contributed by atoms with Gasteiger partial charge in [0.15, 0.2) is 0 Å². The minimum atomic E-state index is -0.897. The quantitative estimate of drug-likeness (QED) is 0.835. The van der Waals surface area contributed by atoms with Gasteiger partial charge in [0.25, 0.3) is 5.91 Å². The molecule has 5 heteroatoms. The van der Waals surface area contributed by atoms with Gasteiger partial charge >= 0.3 is 5.97 Å². The standard InChI is InChI=1S/C15H19NO4/c1-2-3-13(7-14(17)18)16-15(19)10-4-5-11-8-20-9-12(11)6-10/h4-6,13H,2-3,7-9H2,1H3,(H,16,19)(H,17,18). The number of rotatable bonds is 6. The highest BCUT2D eigenvalue weighted by Crippen LogP contribution is 2.21. The van der Waals surface area contributed by atoms with Gasteiger partial charge in [-0.1, -0.05) is 19.4 Å². The van der Waals surface area contributed by atoms with Gasteiger partial charge in [0.2, 0.25) is 0 Å². The first kappa shape index (κ1) is 14.5. The Bertz CT molecular complexity index is 513. The maximum atomic E-state index is 12.2. The van der Waals surface area contributed by atoms with Crippen LogP contribution in [0.1, 0.15) is 47.7 Å². The van der Waals surface area contributed by atoms with E-state index in [9.17, 15) is 9.59 Å². The van der Waals surface area contributed by atoms with Crippen LogP contribution in [0, 0.1) is 0 Å². The van der Waals surface area contributed by atoms with E-state index in [1.807, 2.05) is 19.1 Å². The van der Waals surface area contributed by atoms with E-state index in [-0.39, 0.29) is 18.4 Å². The SMILES string of the molecule is CCCC(CC(=O)O)NC(=O)c1ccc2c(c1)COC2. The van der Waals surface area contributed by atoms with Gasteiger partial charge in [-0.3, -0.25) is 9.59 Å². The molecule has 0 aliphatic carbocycles. The predicted octanol–water partition coefficient (Wildman–Crippen LogP) is 2.09. The molecule has 0 radical (unpaired) electrons. The highest BCUT2D eigenvalue weighted by atomic mass is 16.5. The fourth-order valence-electron chi connectivity index (χ4n) is 2.37. The average molecular weight is 277 g/mol. The normalized spacial score (nSPS) is 14.7. The number of amides is 1. The van der Waals surface area contributed by atoms with Gasteiger partial charge in [0, 0.05) is 11.6 Å². The Balaban J connectivity index is 2.04. The van der Waals surface area contributed by atoms with E-state index < -0.39 is 5.97 Å². The van der Waals surface area contributed by atoms with E-state index >= 15 is 0 Å². The lowest BCUT2D eigenvalue weighted by atomic mass is 10.0. The molecule has 1 aliphatic heterocycles. The van der Waals surface area contributed by atoms with Crippen molar-refractivity contribution in [2.45, 2.75) is 45.4 Å². The maximum absolute atomic E-state index is 12.2. The summed E-state index contributed by atoms with van der Waals surface area (Å²) in [6.07, 6.45) is 1.44. The van der Waals surface area contributed by atoms with Crippen molar-refractivity contribution in [2.24, 2.45) is 0 Å². The highest BCUT2D eigenvalue weighted by molar-refractivity contribution is 5.94. The third kappa shape index (κ3) is 3.57. The van der Waals surface area contributed by atoms with E-state index in [0.29, 0.717) is 25.2 Å². The van der Waals surface area contributed by atoms with Crippen molar-refractivity contribution in [3.8, 4) is 0 Å². The third-order valence-electron chi connectivity index (χ3n) is 3.38. The minimum absolute atomic E-state index is 0.0480. The van der Waals surface area contributed by atoms with Crippen LogP contribution in [0.2, 0.25) is 0 Å². The second-order valence-electron chi connectivity index (χ2n) is 5.03. The summed E-state index contributed by atoms with van der Waals surface area (Å²) in [6.45, 7) is 3.09. The second-order valence-corrected chi connectivity index (χ2v) is 5.03. The summed E-state index contributed by atoms with van der Waals surface area (Å²) in [5, 5.41) is 11.6. The average Bonchev–Trinajstić information content (AvgIpc) is 2.85. The summed E-state index contributed by atoms with van der Waals surface area (Å²) in [4.78, 5) is 23.0. The predicted molar refractivity (Wildman–Crippen MR) is 73.4 cm³/mol. The van der Waals surface area contributed by atoms with E-state index in [2.05, 4.69) is 5.32 Å². The Morgan fingerprint density at radius 2 is 2.10 bits per heavy atom. The summed E-state index contributed by atoms with van der Waals surface area (Å²) in [6, 6.07) is 5.15. The van der Waals surface area contributed by atoms with Crippen molar-refractivity contribution in [3.63, 3.8) is 0 Å². The van der Waals surface area contributed by atoms with E-state index in [4.69, 9.17) is 9.84 Å². The number of benzene rings is 1. The monoisotopic (exact) mass is 277 g/mol. The molecule has 0 fully saturated rings. The molecule has 1 aliphatic rings. The van der Waals surface area contributed by atoms with Crippen LogP contribution in [0.25, 0.3) is 0 Å². The molecule has 2 N–H and O–H groups in total. The number of carbonyl (C=O) groups excluding carboxylic acids is 1. The van der Waals surface area contributed by atoms with Crippen molar-refractivity contribution in [2.75, 3.05) is 0 Å². The molecule has 1 amide bonds. The number of hydrogen-bond acceptors (Lipinski definition) is 3. The molecule has 1 atom stereocenters. The Hall–Kier alpha value is -1.88. The number of carbonyl (C=O) groups is 2. The third-order valence-corrected chi connectivity index (χ3v) is 3.38. The van der Waals surface area contributed by atoms with Crippen molar-refractivity contribution >= 4 is 11.9 Å². The number of hydrogen-bond donors (Lipinski definition) is 2. The van der Waals surface area contributed by atoms with Crippen molar-refractivity contribution in [3.05, 3.63) is 34.9 Å². The Morgan fingerprint density at radius 3 is 2.80 bits per heavy atom. The number of carboxylic acid groups (broad SMARTS) is 1. The number of ether oxygens (including phenoxy) is 1. The van der Waals surface area contributed by atoms with E-state index in [1.54, 1.807) is 6.07 Å². The molecule has 1 unspecified atom stereocenters. The summed E-state index contributed by atoms with van der Waals surface area (Å²) in [5.41, 5.74) is 2.70. The van der Waals surface area contributed by atoms with Crippen molar-refractivity contribution < 1.29 is 19.4 Å². The Morgan fingerprint density at radius 1 is 1.35 bits per heavy atom. The van der Waals surface area contributed by atoms with Crippen LogP contribution < -0.4 is 5.32 Å². The fraction of sp³-hybridized carbons (Fsp3) is 0.467. The smallest absolute Gasteiger partial charge is 0.305 e. The van der Waals surface area contributed by atoms with Crippen molar-refractivity contribution in [1.82, 2.24) is 5.32 Å². The van der Waals surface area contributed by atoms with Gasteiger partial charge in [0.1, 0.15) is 0 Å². The summed E-state index contributed by atoms with van der Waals surface area (Å²) in [5.74, 6) is -1.12. The van der Waals surface area contributed by atoms with E-state index in [1.165, 1.54) is 0 Å². The molecule has 1 heterocycles. The largest absolute Gasteiger partial charge is 0.481 e. The molecule has 0 bridgehead atoms. The maximum Gasteiger partial charge on any atom is 0.305 e. The van der Waals surface area contributed by atoms with Gasteiger partial charge < -0.3 is 15.2 Å². The van der Waals surface area contributed by atoms with Gasteiger partial charge in [-0.25, -0.2) is 0 Å². The van der Waals surface area contributed by atoms with Crippen LogP contribution in [0.4, 0.5) is 0 Å². The first-order valence-corrected chi connectivity index (χ1v) is 6.82. The van der Waals surface area contributed by atoms with Crippen LogP contribution >= 0.6 is 0 Å². The molecule has 20 heavy (non-hydrogen) atoms. The Labute approximate surface area is 117 Å². The summed E-state index contributed by atoms with van der Waals surface area (Å²) >= 11 is 0. The fourth-order valence-corrected chi connectivity index (χ4v) is 2.37. The van der Waals surface area contributed by atoms with Crippen LogP contribution in [0.5, 0.6) is 0 Å². The lowest BCUT2D eigenvalue weighted by molar-refractivity contribution is -0.137. The molecule has 1 aromatic rings. The molecule has 108 valence electrons. The zero-order chi connectivity index (χ0) is 14.5. The van der Waals surface area contributed by atoms with Gasteiger partial charge in [-0.15, -0.1) is 0 Å². The van der Waals surface area contributed by atoms with Crippen LogP contribution in [-0.4, -0.2) is 23.0 Å². The molecule has 0 aromatic heterocycles. The van der Waals surface area contributed by atoms with Crippen LogP contribution in [0.15, 0.2) is 18.2 Å². The summed E-state index contributed by atoms with van der Waals surface area (Å²) in [7, 11) is 0. The lowest BCUT2D eigenvalue weighted by Crippen LogP contribution is -2.36. The molecule has 1 aromatic carbocycles. The van der Waals surface area contributed by atoms with Crippen LogP contribution in [0.3, 0.4) is 0 Å². The van der Waals surface area contributed by atoms with Crippen molar-refractivity contribution in [1.29, 1.82) is 0 Å². The minimum Gasteiger partial charge on any atom is -0.481 e. The number of carboxylic acids is 1. The zero-order valence-corrected chi connectivity index (χ0v) is 11.5. The topological polar surface area (TPSA) is 75.6 Å². The molecule has 2 rings (SSSR count). The molecular weight excluding hydrogens is 258 g/mol. The number of aliphatic carboxylic acids is 1. The zero-order valence-electron chi connectivity index (χ0n) is 11.5. The van der Waals surface area contributed by atoms with Crippen LogP contribution in [-0.2, 0) is 22.7 Å². The number of fused-ring (bicyclic) bond motifs is 1. The van der Waals surface area contributed by atoms with Gasteiger partial charge in [0.05, 0.1) is 19.6 Å². The molecular formula is C15H19NO4. The molecule has 5 nitrogen and oxygen atoms in total. The first-order valence-electron chi connectivity index (χ1n) is 6.82. The van der Waals surface area contributed by atoms with Gasteiger partial charge in [-0.2, -0.15) is 0 Å². The van der Waals surface area contributed by atoms with Gasteiger partial charge in [-0.05, 0) is 29.7 Å². The van der Waals surface area contributed by atoms with E-state index in [0.717, 1.165) is 17.5 Å². The highest BCUT2D eigenvalue weighted by Gasteiger charge is 2.18.